The largest absolute Gasteiger partial charge is 0.394 e. The van der Waals surface area contributed by atoms with Crippen molar-refractivity contribution in [1.82, 2.24) is 0 Å². The molecular formula is C40H32BN3. The van der Waals surface area contributed by atoms with Crippen molar-refractivity contribution in [3.63, 3.8) is 0 Å². The van der Waals surface area contributed by atoms with Crippen LogP contribution in [-0.2, 0) is 0 Å². The van der Waals surface area contributed by atoms with Crippen LogP contribution in [0.25, 0.3) is 28.0 Å². The average Bonchev–Trinajstić information content (AvgIpc) is 3.10. The van der Waals surface area contributed by atoms with E-state index in [9.17, 15) is 0 Å². The van der Waals surface area contributed by atoms with Gasteiger partial charge in [0.2, 0.25) is 0 Å². The lowest BCUT2D eigenvalue weighted by Gasteiger charge is -2.17. The zero-order valence-corrected chi connectivity index (χ0v) is 24.4. The van der Waals surface area contributed by atoms with Crippen LogP contribution in [0.3, 0.4) is 0 Å². The van der Waals surface area contributed by atoms with Gasteiger partial charge in [0.05, 0.1) is 11.4 Å². The van der Waals surface area contributed by atoms with Crippen LogP contribution in [0.15, 0.2) is 186 Å². The average molecular weight is 566 g/mol. The van der Waals surface area contributed by atoms with Gasteiger partial charge < -0.3 is 5.73 Å². The summed E-state index contributed by atoms with van der Waals surface area (Å²) >= 11 is 0. The summed E-state index contributed by atoms with van der Waals surface area (Å²) in [4.78, 5) is 9.90. The Morgan fingerprint density at radius 1 is 0.432 bits per heavy atom. The van der Waals surface area contributed by atoms with Gasteiger partial charge in [0.1, 0.15) is 0 Å². The molecule has 6 aromatic rings. The highest BCUT2D eigenvalue weighted by Gasteiger charge is 2.25. The van der Waals surface area contributed by atoms with E-state index < -0.39 is 0 Å². The lowest BCUT2D eigenvalue weighted by atomic mass is 9.39. The van der Waals surface area contributed by atoms with Crippen molar-refractivity contribution in [2.45, 2.75) is 0 Å². The molecule has 3 nitrogen and oxygen atoms in total. The predicted molar refractivity (Wildman–Crippen MR) is 189 cm³/mol. The molecule has 0 heterocycles. The van der Waals surface area contributed by atoms with Gasteiger partial charge in [0.25, 0.3) is 6.71 Å². The van der Waals surface area contributed by atoms with Gasteiger partial charge in [0, 0.05) is 5.56 Å². The Bertz CT molecular complexity index is 1800. The summed E-state index contributed by atoms with van der Waals surface area (Å²) in [6, 6.07) is 57.7. The summed E-state index contributed by atoms with van der Waals surface area (Å²) in [5, 5.41) is 0. The smallest absolute Gasteiger partial charge is 0.286 e. The molecule has 2 N–H and O–H groups in total. The molecule has 44 heavy (non-hydrogen) atoms. The Labute approximate surface area is 259 Å². The number of nitrogens with two attached hydrogens (primary N) is 1. The van der Waals surface area contributed by atoms with Gasteiger partial charge in [-0.05, 0) is 27.8 Å². The second-order valence-corrected chi connectivity index (χ2v) is 10.6. The Morgan fingerprint density at radius 3 is 1.23 bits per heavy atom. The third-order valence-electron chi connectivity index (χ3n) is 7.61. The van der Waals surface area contributed by atoms with Gasteiger partial charge in [-0.2, -0.15) is 0 Å². The maximum absolute atomic E-state index is 6.97. The highest BCUT2D eigenvalue weighted by molar-refractivity contribution is 7.08. The van der Waals surface area contributed by atoms with E-state index in [1.807, 2.05) is 72.8 Å². The minimum absolute atomic E-state index is 0.288. The Kier molecular flexibility index (Phi) is 8.71. The van der Waals surface area contributed by atoms with Crippen molar-refractivity contribution in [3.8, 4) is 22.3 Å². The molecule has 0 bridgehead atoms. The molecule has 0 fully saturated rings. The second kappa shape index (κ2) is 13.5. The molecule has 0 aliphatic carbocycles. The molecule has 0 spiro atoms. The Hall–Kier alpha value is -5.74. The monoisotopic (exact) mass is 565 g/mol. The van der Waals surface area contributed by atoms with Crippen LogP contribution in [0.4, 0.5) is 0 Å². The van der Waals surface area contributed by atoms with Crippen molar-refractivity contribution in [1.29, 1.82) is 0 Å². The first-order chi connectivity index (χ1) is 21.7. The zero-order valence-electron chi connectivity index (χ0n) is 24.4. The van der Waals surface area contributed by atoms with E-state index in [1.54, 1.807) is 0 Å². The molecule has 6 aromatic carbocycles. The highest BCUT2D eigenvalue weighted by atomic mass is 15.0. The molecule has 0 saturated carbocycles. The lowest BCUT2D eigenvalue weighted by Crippen LogP contribution is -2.53. The van der Waals surface area contributed by atoms with E-state index in [0.717, 1.165) is 33.2 Å². The van der Waals surface area contributed by atoms with Crippen LogP contribution >= 0.6 is 0 Å². The van der Waals surface area contributed by atoms with Gasteiger partial charge in [0.15, 0.2) is 5.84 Å². The molecule has 0 amide bonds. The van der Waals surface area contributed by atoms with Crippen molar-refractivity contribution >= 4 is 34.9 Å². The van der Waals surface area contributed by atoms with Crippen molar-refractivity contribution < 1.29 is 0 Å². The van der Waals surface area contributed by atoms with Crippen LogP contribution in [0.2, 0.25) is 0 Å². The second-order valence-electron chi connectivity index (χ2n) is 10.6. The van der Waals surface area contributed by atoms with Crippen LogP contribution in [-0.4, -0.2) is 18.3 Å². The maximum Gasteiger partial charge on any atom is 0.286 e. The first kappa shape index (κ1) is 28.4. The summed E-state index contributed by atoms with van der Waals surface area (Å²) < 4.78 is 0. The van der Waals surface area contributed by atoms with Gasteiger partial charge in [-0.1, -0.05) is 187 Å². The number of nitrogens with zero attached hydrogens (tertiary/aromatic N) is 2. The van der Waals surface area contributed by atoms with Crippen LogP contribution in [0, 0.1) is 0 Å². The zero-order chi connectivity index (χ0) is 30.1. The van der Waals surface area contributed by atoms with Crippen LogP contribution in [0.1, 0.15) is 11.1 Å². The van der Waals surface area contributed by atoms with Crippen molar-refractivity contribution in [2.75, 3.05) is 0 Å². The molecule has 6 rings (SSSR count). The van der Waals surface area contributed by atoms with E-state index in [1.165, 1.54) is 11.1 Å². The van der Waals surface area contributed by atoms with E-state index in [-0.39, 0.29) is 6.71 Å². The molecule has 0 aliphatic heterocycles. The normalized spacial score (nSPS) is 11.6. The fourth-order valence-electron chi connectivity index (χ4n) is 5.28. The van der Waals surface area contributed by atoms with E-state index in [0.29, 0.717) is 17.3 Å². The number of rotatable bonds is 8. The number of hydrogen-bond acceptors (Lipinski definition) is 1. The minimum atomic E-state index is -0.288. The summed E-state index contributed by atoms with van der Waals surface area (Å²) in [5.41, 5.74) is 16.6. The minimum Gasteiger partial charge on any atom is -0.394 e. The first-order valence-corrected chi connectivity index (χ1v) is 14.7. The highest BCUT2D eigenvalue weighted by Crippen LogP contribution is 2.20. The number of hydrogen-bond donors (Lipinski definition) is 1. The lowest BCUT2D eigenvalue weighted by molar-refractivity contribution is 1.45. The molecule has 0 aliphatic rings. The van der Waals surface area contributed by atoms with Gasteiger partial charge in [-0.25, -0.2) is 9.98 Å². The van der Waals surface area contributed by atoms with Gasteiger partial charge in [-0.15, -0.1) is 0 Å². The number of amidine groups is 2. The fourth-order valence-corrected chi connectivity index (χ4v) is 5.28. The third-order valence-corrected chi connectivity index (χ3v) is 7.61. The number of benzene rings is 6. The fraction of sp³-hybridized carbons (Fsp3) is 0. The van der Waals surface area contributed by atoms with Gasteiger partial charge in [-0.3, -0.25) is 0 Å². The van der Waals surface area contributed by atoms with E-state index >= 15 is 0 Å². The number of aliphatic imine (C=N–C) groups is 2. The quantitative estimate of drug-likeness (QED) is 0.115. The van der Waals surface area contributed by atoms with Gasteiger partial charge >= 0.3 is 0 Å². The molecule has 0 saturated heterocycles. The molecule has 0 aromatic heterocycles. The Morgan fingerprint density at radius 2 is 0.795 bits per heavy atom. The van der Waals surface area contributed by atoms with E-state index in [2.05, 4.69) is 104 Å². The summed E-state index contributed by atoms with van der Waals surface area (Å²) in [6.07, 6.45) is 0. The molecule has 0 unspecified atom stereocenters. The third kappa shape index (κ3) is 6.66. The topological polar surface area (TPSA) is 50.7 Å². The SMILES string of the molecule is C=C(N=C(N=C(N)B(c1ccc(-c2ccccc2)cc1)c1ccc(-c2ccccc2)cc1)c1ccccc1)c1ccccc1. The standard InChI is InChI=1S/C40H32BN3/c1-30(31-14-6-2-7-15-31)43-39(36-20-12-5-13-21-36)44-40(42)41(37-26-22-34(23-27-37)32-16-8-3-9-17-32)38-28-24-35(25-29-38)33-18-10-4-11-19-33/h2-29H,1H2,(H2,42,43,44). The molecule has 210 valence electrons. The molecule has 4 heteroatoms. The summed E-state index contributed by atoms with van der Waals surface area (Å²) in [7, 11) is 0. The van der Waals surface area contributed by atoms with Crippen molar-refractivity contribution in [2.24, 2.45) is 15.7 Å². The van der Waals surface area contributed by atoms with E-state index in [4.69, 9.17) is 15.7 Å². The molecular weight excluding hydrogens is 533 g/mol. The predicted octanol–water partition coefficient (Wildman–Crippen LogP) is 7.64. The van der Waals surface area contributed by atoms with Crippen molar-refractivity contribution in [3.05, 3.63) is 188 Å². The Balaban J connectivity index is 1.43. The summed E-state index contributed by atoms with van der Waals surface area (Å²) in [5.74, 6) is 0.517. The van der Waals surface area contributed by atoms with Crippen LogP contribution in [0.5, 0.6) is 0 Å². The first-order valence-electron chi connectivity index (χ1n) is 14.7. The maximum atomic E-state index is 6.97. The molecule has 0 radical (unpaired) electrons. The molecule has 0 atom stereocenters. The summed E-state index contributed by atoms with van der Waals surface area (Å²) in [6.45, 7) is 3.95. The van der Waals surface area contributed by atoms with Crippen LogP contribution < -0.4 is 16.7 Å².